The van der Waals surface area contributed by atoms with E-state index in [9.17, 15) is 0 Å². The normalized spacial score (nSPS) is 14.6. The average Bonchev–Trinajstić information content (AvgIpc) is 2.31. The Bertz CT molecular complexity index is 324. The minimum Gasteiger partial charge on any atom is -0.126 e. The van der Waals surface area contributed by atoms with Gasteiger partial charge in [-0.05, 0) is 36.3 Å². The fourth-order valence-corrected chi connectivity index (χ4v) is 3.04. The van der Waals surface area contributed by atoms with Gasteiger partial charge in [-0.25, -0.2) is 0 Å². The molecule has 0 radical (unpaired) electrons. The van der Waals surface area contributed by atoms with Crippen LogP contribution in [0.1, 0.15) is 38.7 Å². The van der Waals surface area contributed by atoms with Gasteiger partial charge in [0.1, 0.15) is 0 Å². The third kappa shape index (κ3) is 5.44. The second-order valence-electron chi connectivity index (χ2n) is 4.95. The molecule has 2 atom stereocenters. The van der Waals surface area contributed by atoms with Gasteiger partial charge in [0.05, 0.1) is 0 Å². The summed E-state index contributed by atoms with van der Waals surface area (Å²) in [6.45, 7) is 4.59. The van der Waals surface area contributed by atoms with Crippen LogP contribution in [-0.4, -0.2) is 5.88 Å². The summed E-state index contributed by atoms with van der Waals surface area (Å²) in [6, 6.07) is 8.45. The molecule has 0 aliphatic rings. The number of rotatable bonds is 7. The topological polar surface area (TPSA) is 0 Å². The molecule has 1 rings (SSSR count). The SMILES string of the molecule is CCCC(C)CC(CCl)Cc1ccccc1Br. The van der Waals surface area contributed by atoms with Crippen LogP contribution in [-0.2, 0) is 6.42 Å². The third-order valence-electron chi connectivity index (χ3n) is 3.20. The zero-order valence-corrected chi connectivity index (χ0v) is 13.1. The molecule has 0 aliphatic heterocycles. The molecule has 0 spiro atoms. The minimum atomic E-state index is 0.594. The average molecular weight is 318 g/mol. The van der Waals surface area contributed by atoms with Crippen LogP contribution in [0, 0.1) is 11.8 Å². The largest absolute Gasteiger partial charge is 0.126 e. The predicted octanol–water partition coefficient (Wildman–Crippen LogP) is 5.67. The van der Waals surface area contributed by atoms with Crippen LogP contribution < -0.4 is 0 Å². The monoisotopic (exact) mass is 316 g/mol. The fourth-order valence-electron chi connectivity index (χ4n) is 2.36. The van der Waals surface area contributed by atoms with Crippen molar-refractivity contribution in [2.75, 3.05) is 5.88 Å². The maximum absolute atomic E-state index is 6.10. The first-order chi connectivity index (χ1) is 8.17. The maximum Gasteiger partial charge on any atom is 0.0255 e. The number of hydrogen-bond donors (Lipinski definition) is 0. The summed E-state index contributed by atoms with van der Waals surface area (Å²) in [5, 5.41) is 0. The summed E-state index contributed by atoms with van der Waals surface area (Å²) < 4.78 is 1.21. The predicted molar refractivity (Wildman–Crippen MR) is 80.7 cm³/mol. The van der Waals surface area contributed by atoms with Gasteiger partial charge in [0, 0.05) is 10.4 Å². The molecule has 2 heteroatoms. The lowest BCUT2D eigenvalue weighted by atomic mass is 9.89. The van der Waals surface area contributed by atoms with Crippen molar-refractivity contribution in [1.29, 1.82) is 0 Å². The highest BCUT2D eigenvalue weighted by Crippen LogP contribution is 2.25. The van der Waals surface area contributed by atoms with E-state index in [1.54, 1.807) is 0 Å². The smallest absolute Gasteiger partial charge is 0.0255 e. The Morgan fingerprint density at radius 1 is 1.29 bits per heavy atom. The first-order valence-electron chi connectivity index (χ1n) is 6.46. The molecule has 2 unspecified atom stereocenters. The Labute approximate surface area is 119 Å². The highest BCUT2D eigenvalue weighted by Gasteiger charge is 2.13. The van der Waals surface area contributed by atoms with Gasteiger partial charge in [-0.3, -0.25) is 0 Å². The molecule has 0 amide bonds. The van der Waals surface area contributed by atoms with E-state index >= 15 is 0 Å². The van der Waals surface area contributed by atoms with Crippen LogP contribution in [0.2, 0.25) is 0 Å². The molecule has 0 saturated heterocycles. The van der Waals surface area contributed by atoms with Crippen molar-refractivity contribution in [3.05, 3.63) is 34.3 Å². The van der Waals surface area contributed by atoms with E-state index in [1.807, 2.05) is 0 Å². The van der Waals surface area contributed by atoms with Gasteiger partial charge in [-0.15, -0.1) is 11.6 Å². The molecule has 0 heterocycles. The van der Waals surface area contributed by atoms with E-state index in [1.165, 1.54) is 29.3 Å². The summed E-state index contributed by atoms with van der Waals surface area (Å²) in [5.74, 6) is 2.14. The van der Waals surface area contributed by atoms with Gasteiger partial charge in [0.25, 0.3) is 0 Å². The highest BCUT2D eigenvalue weighted by molar-refractivity contribution is 9.10. The Kier molecular flexibility index (Phi) is 7.22. The zero-order chi connectivity index (χ0) is 12.7. The van der Waals surface area contributed by atoms with E-state index in [2.05, 4.69) is 54.0 Å². The third-order valence-corrected chi connectivity index (χ3v) is 4.41. The van der Waals surface area contributed by atoms with E-state index < -0.39 is 0 Å². The van der Waals surface area contributed by atoms with Crippen LogP contribution in [0.3, 0.4) is 0 Å². The first kappa shape index (κ1) is 15.0. The summed E-state index contributed by atoms with van der Waals surface area (Å²) >= 11 is 9.71. The highest BCUT2D eigenvalue weighted by atomic mass is 79.9. The van der Waals surface area contributed by atoms with Gasteiger partial charge in [-0.1, -0.05) is 60.8 Å². The number of halogens is 2. The molecule has 96 valence electrons. The van der Waals surface area contributed by atoms with E-state index in [4.69, 9.17) is 11.6 Å². The van der Waals surface area contributed by atoms with Gasteiger partial charge in [-0.2, -0.15) is 0 Å². The number of hydrogen-bond acceptors (Lipinski definition) is 0. The Hall–Kier alpha value is -0.0100. The lowest BCUT2D eigenvalue weighted by Crippen LogP contribution is -2.11. The molecule has 0 nitrogen and oxygen atoms in total. The summed E-state index contributed by atoms with van der Waals surface area (Å²) in [4.78, 5) is 0. The fraction of sp³-hybridized carbons (Fsp3) is 0.600. The molecule has 17 heavy (non-hydrogen) atoms. The van der Waals surface area contributed by atoms with Crippen LogP contribution >= 0.6 is 27.5 Å². The molecular weight excluding hydrogens is 296 g/mol. The molecular formula is C15H22BrCl. The summed E-state index contributed by atoms with van der Waals surface area (Å²) in [5.41, 5.74) is 1.38. The van der Waals surface area contributed by atoms with Crippen LogP contribution in [0.25, 0.3) is 0 Å². The van der Waals surface area contributed by atoms with Crippen LogP contribution in [0.15, 0.2) is 28.7 Å². The molecule has 0 aromatic heterocycles. The first-order valence-corrected chi connectivity index (χ1v) is 7.79. The van der Waals surface area contributed by atoms with Gasteiger partial charge in [0.2, 0.25) is 0 Å². The van der Waals surface area contributed by atoms with Crippen molar-refractivity contribution in [1.82, 2.24) is 0 Å². The van der Waals surface area contributed by atoms with Crippen molar-refractivity contribution in [3.63, 3.8) is 0 Å². The molecule has 0 fully saturated rings. The Balaban J connectivity index is 2.55. The van der Waals surface area contributed by atoms with E-state index in [0.29, 0.717) is 5.92 Å². The lowest BCUT2D eigenvalue weighted by Gasteiger charge is -2.19. The van der Waals surface area contributed by atoms with Crippen molar-refractivity contribution in [3.8, 4) is 0 Å². The van der Waals surface area contributed by atoms with Gasteiger partial charge in [0.15, 0.2) is 0 Å². The molecule has 0 N–H and O–H groups in total. The van der Waals surface area contributed by atoms with Crippen molar-refractivity contribution < 1.29 is 0 Å². The van der Waals surface area contributed by atoms with E-state index in [-0.39, 0.29) is 0 Å². The van der Waals surface area contributed by atoms with Crippen molar-refractivity contribution in [2.45, 2.75) is 39.5 Å². The summed E-state index contributed by atoms with van der Waals surface area (Å²) in [7, 11) is 0. The quantitative estimate of drug-likeness (QED) is 0.568. The second-order valence-corrected chi connectivity index (χ2v) is 6.11. The standard InChI is InChI=1S/C15H22BrCl/c1-3-6-12(2)9-13(11-17)10-14-7-4-5-8-15(14)16/h4-5,7-8,12-13H,3,6,9-11H2,1-2H3. The number of benzene rings is 1. The molecule has 1 aromatic rings. The van der Waals surface area contributed by atoms with E-state index in [0.717, 1.165) is 18.2 Å². The molecule has 1 aromatic carbocycles. The molecule has 0 saturated carbocycles. The van der Waals surface area contributed by atoms with Crippen molar-refractivity contribution in [2.24, 2.45) is 11.8 Å². The van der Waals surface area contributed by atoms with Gasteiger partial charge >= 0.3 is 0 Å². The summed E-state index contributed by atoms with van der Waals surface area (Å²) in [6.07, 6.45) is 4.90. The zero-order valence-electron chi connectivity index (χ0n) is 10.8. The van der Waals surface area contributed by atoms with Crippen molar-refractivity contribution >= 4 is 27.5 Å². The Morgan fingerprint density at radius 3 is 2.59 bits per heavy atom. The van der Waals surface area contributed by atoms with Gasteiger partial charge < -0.3 is 0 Å². The molecule has 0 bridgehead atoms. The van der Waals surface area contributed by atoms with Crippen LogP contribution in [0.4, 0.5) is 0 Å². The molecule has 0 aliphatic carbocycles. The second kappa shape index (κ2) is 8.16. The maximum atomic E-state index is 6.10. The van der Waals surface area contributed by atoms with Crippen LogP contribution in [0.5, 0.6) is 0 Å². The number of alkyl halides is 1. The Morgan fingerprint density at radius 2 is 2.00 bits per heavy atom. The lowest BCUT2D eigenvalue weighted by molar-refractivity contribution is 0.393. The minimum absolute atomic E-state index is 0.594.